The molecule has 3 rings (SSSR count). The molecule has 2 heterocycles. The molecule has 1 N–H and O–H groups in total. The predicted octanol–water partition coefficient (Wildman–Crippen LogP) is 3.09. The molecular formula is C15H14N4O. The van der Waals surface area contributed by atoms with E-state index in [4.69, 9.17) is 4.74 Å². The third-order valence-electron chi connectivity index (χ3n) is 2.99. The Morgan fingerprint density at radius 3 is 2.60 bits per heavy atom. The van der Waals surface area contributed by atoms with Crippen molar-refractivity contribution in [1.29, 1.82) is 0 Å². The van der Waals surface area contributed by atoms with Crippen molar-refractivity contribution in [2.45, 2.75) is 6.92 Å². The second-order valence-electron chi connectivity index (χ2n) is 4.39. The van der Waals surface area contributed by atoms with Gasteiger partial charge in [0.25, 0.3) is 0 Å². The molecule has 0 aliphatic carbocycles. The first-order valence-electron chi connectivity index (χ1n) is 6.26. The summed E-state index contributed by atoms with van der Waals surface area (Å²) in [5, 5.41) is 5.36. The highest BCUT2D eigenvalue weighted by atomic mass is 16.5. The van der Waals surface area contributed by atoms with Gasteiger partial charge in [0.15, 0.2) is 5.82 Å². The lowest BCUT2D eigenvalue weighted by molar-refractivity contribution is 0.392. The van der Waals surface area contributed by atoms with E-state index in [2.05, 4.69) is 20.3 Å². The van der Waals surface area contributed by atoms with Crippen molar-refractivity contribution in [2.24, 2.45) is 0 Å². The summed E-state index contributed by atoms with van der Waals surface area (Å²) >= 11 is 0. The molecule has 0 radical (unpaired) electrons. The summed E-state index contributed by atoms with van der Waals surface area (Å²) in [6.07, 6.45) is 3.49. The smallest absolute Gasteiger partial charge is 0.237 e. The highest BCUT2D eigenvalue weighted by Gasteiger charge is 2.05. The molecule has 0 spiro atoms. The highest BCUT2D eigenvalue weighted by Crippen LogP contribution is 2.20. The Bertz CT molecular complexity index is 758. The molecule has 0 amide bonds. The van der Waals surface area contributed by atoms with E-state index in [9.17, 15) is 0 Å². The molecule has 0 unspecified atom stereocenters. The van der Waals surface area contributed by atoms with E-state index >= 15 is 0 Å². The van der Waals surface area contributed by atoms with Gasteiger partial charge in [-0.2, -0.15) is 4.98 Å². The van der Waals surface area contributed by atoms with Crippen LogP contribution in [0.15, 0.2) is 42.7 Å². The van der Waals surface area contributed by atoms with Crippen LogP contribution in [0.25, 0.3) is 10.8 Å². The molecule has 2 aromatic heterocycles. The van der Waals surface area contributed by atoms with E-state index in [1.54, 1.807) is 13.3 Å². The van der Waals surface area contributed by atoms with Crippen LogP contribution in [0.1, 0.15) is 5.69 Å². The molecular weight excluding hydrogens is 252 g/mol. The second-order valence-corrected chi connectivity index (χ2v) is 4.39. The number of nitrogens with zero attached hydrogens (tertiary/aromatic N) is 3. The van der Waals surface area contributed by atoms with Crippen LogP contribution in [0, 0.1) is 6.92 Å². The minimum absolute atomic E-state index is 0.510. The number of benzene rings is 1. The minimum Gasteiger partial charge on any atom is -0.480 e. The van der Waals surface area contributed by atoms with Crippen LogP contribution in [0.4, 0.5) is 11.6 Å². The maximum Gasteiger partial charge on any atom is 0.237 e. The minimum atomic E-state index is 0.510. The summed E-state index contributed by atoms with van der Waals surface area (Å²) in [6, 6.07) is 10.0. The molecule has 100 valence electrons. The first-order chi connectivity index (χ1) is 9.76. The molecule has 1 aromatic carbocycles. The Morgan fingerprint density at radius 1 is 1.00 bits per heavy atom. The number of pyridine rings is 1. The fourth-order valence-corrected chi connectivity index (χ4v) is 1.97. The Balaban J connectivity index is 1.92. The predicted molar refractivity (Wildman–Crippen MR) is 78.3 cm³/mol. The van der Waals surface area contributed by atoms with E-state index in [1.165, 1.54) is 0 Å². The van der Waals surface area contributed by atoms with Crippen molar-refractivity contribution in [3.63, 3.8) is 0 Å². The summed E-state index contributed by atoms with van der Waals surface area (Å²) in [5.74, 6) is 1.84. The lowest BCUT2D eigenvalue weighted by Crippen LogP contribution is -2.00. The van der Waals surface area contributed by atoms with Crippen molar-refractivity contribution in [3.05, 3.63) is 48.4 Å². The molecule has 5 heteroatoms. The molecule has 0 atom stereocenters. The number of hydrogen-bond acceptors (Lipinski definition) is 5. The van der Waals surface area contributed by atoms with Gasteiger partial charge in [0.05, 0.1) is 19.0 Å². The number of rotatable bonds is 3. The van der Waals surface area contributed by atoms with E-state index in [1.807, 2.05) is 43.5 Å². The van der Waals surface area contributed by atoms with Crippen molar-refractivity contribution in [1.82, 2.24) is 15.0 Å². The topological polar surface area (TPSA) is 59.9 Å². The van der Waals surface area contributed by atoms with Gasteiger partial charge in [-0.3, -0.25) is 4.98 Å². The van der Waals surface area contributed by atoms with Gasteiger partial charge in [0.1, 0.15) is 5.82 Å². The molecule has 0 saturated carbocycles. The zero-order valence-corrected chi connectivity index (χ0v) is 11.3. The second kappa shape index (κ2) is 5.13. The molecule has 0 aliphatic rings. The first kappa shape index (κ1) is 12.3. The maximum absolute atomic E-state index is 5.16. The first-order valence-corrected chi connectivity index (χ1v) is 6.26. The Hall–Kier alpha value is -2.69. The van der Waals surface area contributed by atoms with Crippen molar-refractivity contribution in [2.75, 3.05) is 12.4 Å². The van der Waals surface area contributed by atoms with Gasteiger partial charge in [-0.1, -0.05) is 24.3 Å². The molecule has 20 heavy (non-hydrogen) atoms. The van der Waals surface area contributed by atoms with Crippen LogP contribution in [0.5, 0.6) is 5.88 Å². The summed E-state index contributed by atoms with van der Waals surface area (Å²) in [4.78, 5) is 12.9. The van der Waals surface area contributed by atoms with Gasteiger partial charge in [0.2, 0.25) is 5.88 Å². The quantitative estimate of drug-likeness (QED) is 0.789. The van der Waals surface area contributed by atoms with Crippen LogP contribution in [-0.2, 0) is 0 Å². The number of methoxy groups -OCH3 is 1. The average molecular weight is 266 g/mol. The molecule has 0 aliphatic heterocycles. The van der Waals surface area contributed by atoms with Gasteiger partial charge >= 0.3 is 0 Å². The van der Waals surface area contributed by atoms with E-state index in [0.717, 1.165) is 22.3 Å². The van der Waals surface area contributed by atoms with Crippen molar-refractivity contribution < 1.29 is 4.74 Å². The van der Waals surface area contributed by atoms with E-state index in [0.29, 0.717) is 11.7 Å². The third-order valence-corrected chi connectivity index (χ3v) is 2.99. The number of nitrogens with one attached hydrogen (secondary N) is 1. The largest absolute Gasteiger partial charge is 0.480 e. The number of aryl methyl sites for hydroxylation is 1. The maximum atomic E-state index is 5.16. The molecule has 0 saturated heterocycles. The van der Waals surface area contributed by atoms with Gasteiger partial charge in [-0.15, -0.1) is 0 Å². The van der Waals surface area contributed by atoms with Crippen LogP contribution in [0.2, 0.25) is 0 Å². The zero-order chi connectivity index (χ0) is 13.9. The lowest BCUT2D eigenvalue weighted by atomic mass is 10.2. The zero-order valence-electron chi connectivity index (χ0n) is 11.3. The molecule has 3 aromatic rings. The normalized spacial score (nSPS) is 10.5. The number of hydrogen-bond donors (Lipinski definition) is 1. The number of aromatic nitrogens is 3. The lowest BCUT2D eigenvalue weighted by Gasteiger charge is -2.08. The monoisotopic (exact) mass is 266 g/mol. The fourth-order valence-electron chi connectivity index (χ4n) is 1.97. The molecule has 0 bridgehead atoms. The van der Waals surface area contributed by atoms with Crippen LogP contribution in [-0.4, -0.2) is 22.1 Å². The average Bonchev–Trinajstić information content (AvgIpc) is 2.49. The van der Waals surface area contributed by atoms with Crippen molar-refractivity contribution in [3.8, 4) is 5.88 Å². The number of fused-ring (bicyclic) bond motifs is 1. The number of ether oxygens (including phenoxy) is 1. The summed E-state index contributed by atoms with van der Waals surface area (Å²) in [6.45, 7) is 1.85. The summed E-state index contributed by atoms with van der Waals surface area (Å²) in [5.41, 5.74) is 0.754. The van der Waals surface area contributed by atoms with Gasteiger partial charge in [-0.05, 0) is 18.4 Å². The van der Waals surface area contributed by atoms with Gasteiger partial charge < -0.3 is 10.1 Å². The van der Waals surface area contributed by atoms with E-state index in [-0.39, 0.29) is 0 Å². The van der Waals surface area contributed by atoms with Crippen LogP contribution >= 0.6 is 0 Å². The summed E-state index contributed by atoms with van der Waals surface area (Å²) < 4.78 is 5.16. The Labute approximate surface area is 116 Å². The number of anilines is 2. The Morgan fingerprint density at radius 2 is 1.80 bits per heavy atom. The SMILES string of the molecule is COc1nc(Nc2cc3ccccc3cn2)cnc1C. The molecule has 0 fully saturated rings. The van der Waals surface area contributed by atoms with E-state index < -0.39 is 0 Å². The highest BCUT2D eigenvalue weighted by molar-refractivity contribution is 5.84. The van der Waals surface area contributed by atoms with Crippen LogP contribution in [0.3, 0.4) is 0 Å². The fraction of sp³-hybridized carbons (Fsp3) is 0.133. The van der Waals surface area contributed by atoms with Crippen LogP contribution < -0.4 is 10.1 Å². The van der Waals surface area contributed by atoms with Crippen molar-refractivity contribution >= 4 is 22.4 Å². The van der Waals surface area contributed by atoms with Gasteiger partial charge in [-0.25, -0.2) is 4.98 Å². The Kier molecular flexibility index (Phi) is 3.16. The standard InChI is InChI=1S/C15H14N4O/c1-10-15(20-2)19-14(9-16-10)18-13-7-11-5-3-4-6-12(11)8-17-13/h3-9H,1-2H3,(H,17,18,19). The summed E-state index contributed by atoms with van der Waals surface area (Å²) in [7, 11) is 1.58. The third kappa shape index (κ3) is 2.38. The van der Waals surface area contributed by atoms with Gasteiger partial charge in [0, 0.05) is 11.6 Å². The molecule has 5 nitrogen and oxygen atoms in total.